The molecule has 0 bridgehead atoms. The Balaban J connectivity index is 1.54. The van der Waals surface area contributed by atoms with E-state index in [-0.39, 0.29) is 5.82 Å². The third-order valence-electron chi connectivity index (χ3n) is 6.82. The first-order valence-corrected chi connectivity index (χ1v) is 10.4. The summed E-state index contributed by atoms with van der Waals surface area (Å²) in [4.78, 5) is 2.48. The van der Waals surface area contributed by atoms with Gasteiger partial charge in [0.05, 0.1) is 26.7 Å². The maximum absolute atomic E-state index is 14.0. The molecule has 0 aromatic heterocycles. The average Bonchev–Trinajstić information content (AvgIpc) is 3.07. The number of fused-ring (bicyclic) bond motifs is 1. The standard InChI is InChI=1S/C24H32FN2/c1-27(2)15-6-5-12-24(27)13-14-26(22-11-7-10-21(25)18-22)23-16-19-8-3-4-9-20(19)17-23/h3-4,7-11,18,23-24H,5-6,12-17H2,1-2H3/q+1. The van der Waals surface area contributed by atoms with Crippen molar-refractivity contribution in [2.45, 2.75) is 50.6 Å². The fraction of sp³-hybridized carbons (Fsp3) is 0.500. The fourth-order valence-electron chi connectivity index (χ4n) is 5.15. The molecule has 1 fully saturated rings. The summed E-state index contributed by atoms with van der Waals surface area (Å²) in [5.74, 6) is -0.137. The summed E-state index contributed by atoms with van der Waals surface area (Å²) in [6.45, 7) is 2.29. The second-order valence-electron chi connectivity index (χ2n) is 8.94. The Morgan fingerprint density at radius 1 is 1.00 bits per heavy atom. The molecule has 4 rings (SSSR count). The van der Waals surface area contributed by atoms with E-state index < -0.39 is 0 Å². The summed E-state index contributed by atoms with van der Waals surface area (Å²) < 4.78 is 15.1. The molecule has 2 aliphatic rings. The highest BCUT2D eigenvalue weighted by Gasteiger charge is 2.33. The summed E-state index contributed by atoms with van der Waals surface area (Å²) in [7, 11) is 4.75. The molecule has 2 aromatic carbocycles. The van der Waals surface area contributed by atoms with Gasteiger partial charge in [0.25, 0.3) is 0 Å². The van der Waals surface area contributed by atoms with Crippen LogP contribution < -0.4 is 4.90 Å². The van der Waals surface area contributed by atoms with Gasteiger partial charge in [0.1, 0.15) is 5.82 Å². The first-order chi connectivity index (χ1) is 13.0. The van der Waals surface area contributed by atoms with Gasteiger partial charge in [-0.15, -0.1) is 0 Å². The lowest BCUT2D eigenvalue weighted by molar-refractivity contribution is -0.920. The van der Waals surface area contributed by atoms with Crippen molar-refractivity contribution >= 4 is 5.69 Å². The second kappa shape index (κ2) is 7.63. The Kier molecular flexibility index (Phi) is 5.23. The van der Waals surface area contributed by atoms with Crippen LogP contribution in [0.2, 0.25) is 0 Å². The SMILES string of the molecule is C[N+]1(C)CCCCC1CCN(c1cccc(F)c1)C1Cc2ccccc2C1. The molecule has 0 spiro atoms. The van der Waals surface area contributed by atoms with Crippen molar-refractivity contribution < 1.29 is 8.87 Å². The molecule has 0 amide bonds. The summed E-state index contributed by atoms with van der Waals surface area (Å²) in [5, 5.41) is 0. The number of piperidine rings is 1. The first-order valence-electron chi connectivity index (χ1n) is 10.4. The van der Waals surface area contributed by atoms with Gasteiger partial charge in [0, 0.05) is 24.7 Å². The Morgan fingerprint density at radius 3 is 2.41 bits per heavy atom. The van der Waals surface area contributed by atoms with Gasteiger partial charge in [-0.1, -0.05) is 30.3 Å². The molecule has 1 aliphatic carbocycles. The third-order valence-corrected chi connectivity index (χ3v) is 6.82. The molecular formula is C24H32FN2+. The largest absolute Gasteiger partial charge is 0.368 e. The number of likely N-dealkylation sites (tertiary alicyclic amines) is 1. The molecule has 1 unspecified atom stereocenters. The predicted octanol–water partition coefficient (Wildman–Crippen LogP) is 4.82. The molecule has 144 valence electrons. The highest BCUT2D eigenvalue weighted by molar-refractivity contribution is 5.50. The van der Waals surface area contributed by atoms with Crippen LogP contribution in [0.4, 0.5) is 10.1 Å². The highest BCUT2D eigenvalue weighted by Crippen LogP contribution is 2.31. The Labute approximate surface area is 163 Å². The molecule has 27 heavy (non-hydrogen) atoms. The lowest BCUT2D eigenvalue weighted by atomic mass is 9.96. The molecule has 1 heterocycles. The molecule has 3 heteroatoms. The minimum Gasteiger partial charge on any atom is -0.368 e. The van der Waals surface area contributed by atoms with E-state index in [0.29, 0.717) is 12.1 Å². The van der Waals surface area contributed by atoms with E-state index in [0.717, 1.165) is 29.6 Å². The smallest absolute Gasteiger partial charge is 0.125 e. The van der Waals surface area contributed by atoms with Crippen molar-refractivity contribution in [3.8, 4) is 0 Å². The van der Waals surface area contributed by atoms with Gasteiger partial charge in [-0.25, -0.2) is 4.39 Å². The van der Waals surface area contributed by atoms with Gasteiger partial charge in [-0.05, 0) is 61.4 Å². The summed E-state index contributed by atoms with van der Waals surface area (Å²) in [5.41, 5.74) is 3.95. The molecule has 1 aliphatic heterocycles. The number of anilines is 1. The van der Waals surface area contributed by atoms with E-state index in [2.05, 4.69) is 49.3 Å². The van der Waals surface area contributed by atoms with Crippen LogP contribution in [0, 0.1) is 5.82 Å². The van der Waals surface area contributed by atoms with Crippen LogP contribution in [0.5, 0.6) is 0 Å². The quantitative estimate of drug-likeness (QED) is 0.685. The van der Waals surface area contributed by atoms with Crippen LogP contribution in [0.3, 0.4) is 0 Å². The average molecular weight is 368 g/mol. The molecule has 2 nitrogen and oxygen atoms in total. The van der Waals surface area contributed by atoms with Crippen molar-refractivity contribution in [2.75, 3.05) is 32.1 Å². The second-order valence-corrected chi connectivity index (χ2v) is 8.94. The minimum absolute atomic E-state index is 0.137. The molecule has 2 aromatic rings. The monoisotopic (exact) mass is 367 g/mol. The Morgan fingerprint density at radius 2 is 1.74 bits per heavy atom. The highest BCUT2D eigenvalue weighted by atomic mass is 19.1. The maximum Gasteiger partial charge on any atom is 0.125 e. The lowest BCUT2D eigenvalue weighted by Gasteiger charge is -2.43. The van der Waals surface area contributed by atoms with Crippen molar-refractivity contribution in [3.63, 3.8) is 0 Å². The van der Waals surface area contributed by atoms with E-state index in [9.17, 15) is 4.39 Å². The Bertz CT molecular complexity index is 760. The van der Waals surface area contributed by atoms with Crippen LogP contribution in [-0.2, 0) is 12.8 Å². The van der Waals surface area contributed by atoms with Crippen molar-refractivity contribution in [2.24, 2.45) is 0 Å². The maximum atomic E-state index is 14.0. The van der Waals surface area contributed by atoms with E-state index in [1.54, 1.807) is 12.1 Å². The summed E-state index contributed by atoms with van der Waals surface area (Å²) in [6, 6.07) is 17.1. The van der Waals surface area contributed by atoms with Gasteiger partial charge in [0.15, 0.2) is 0 Å². The number of hydrogen-bond donors (Lipinski definition) is 0. The van der Waals surface area contributed by atoms with Gasteiger partial charge in [0.2, 0.25) is 0 Å². The number of rotatable bonds is 5. The molecular weight excluding hydrogens is 335 g/mol. The van der Waals surface area contributed by atoms with Crippen LogP contribution in [0.25, 0.3) is 0 Å². The zero-order valence-electron chi connectivity index (χ0n) is 16.7. The van der Waals surface area contributed by atoms with E-state index >= 15 is 0 Å². The van der Waals surface area contributed by atoms with Crippen LogP contribution >= 0.6 is 0 Å². The molecule has 0 radical (unpaired) electrons. The lowest BCUT2D eigenvalue weighted by Crippen LogP contribution is -2.53. The zero-order valence-corrected chi connectivity index (χ0v) is 16.7. The predicted molar refractivity (Wildman–Crippen MR) is 111 cm³/mol. The van der Waals surface area contributed by atoms with Gasteiger partial charge in [-0.2, -0.15) is 0 Å². The van der Waals surface area contributed by atoms with Crippen molar-refractivity contribution in [1.82, 2.24) is 0 Å². The molecule has 0 N–H and O–H groups in total. The Hall–Kier alpha value is -1.87. The molecule has 0 saturated carbocycles. The minimum atomic E-state index is -0.137. The van der Waals surface area contributed by atoms with Gasteiger partial charge < -0.3 is 9.38 Å². The fourth-order valence-corrected chi connectivity index (χ4v) is 5.15. The van der Waals surface area contributed by atoms with Crippen LogP contribution in [0.15, 0.2) is 48.5 Å². The van der Waals surface area contributed by atoms with Crippen molar-refractivity contribution in [3.05, 3.63) is 65.5 Å². The number of benzene rings is 2. The van der Waals surface area contributed by atoms with E-state index in [1.807, 2.05) is 6.07 Å². The number of quaternary nitrogens is 1. The van der Waals surface area contributed by atoms with Gasteiger partial charge in [-0.3, -0.25) is 0 Å². The zero-order chi connectivity index (χ0) is 18.9. The number of nitrogens with zero attached hydrogens (tertiary/aromatic N) is 2. The van der Waals surface area contributed by atoms with Gasteiger partial charge >= 0.3 is 0 Å². The molecule has 1 saturated heterocycles. The topological polar surface area (TPSA) is 3.24 Å². The van der Waals surface area contributed by atoms with E-state index in [4.69, 9.17) is 0 Å². The normalized spacial score (nSPS) is 21.8. The third kappa shape index (κ3) is 4.03. The summed E-state index contributed by atoms with van der Waals surface area (Å²) in [6.07, 6.45) is 7.31. The number of halogens is 1. The first kappa shape index (κ1) is 18.5. The summed E-state index contributed by atoms with van der Waals surface area (Å²) >= 11 is 0. The van der Waals surface area contributed by atoms with E-state index in [1.165, 1.54) is 43.4 Å². The van der Waals surface area contributed by atoms with Crippen LogP contribution in [0.1, 0.15) is 36.8 Å². The van der Waals surface area contributed by atoms with Crippen LogP contribution in [-0.4, -0.2) is 43.8 Å². The molecule has 1 atom stereocenters. The van der Waals surface area contributed by atoms with Crippen molar-refractivity contribution in [1.29, 1.82) is 0 Å². The number of hydrogen-bond acceptors (Lipinski definition) is 1.